The summed E-state index contributed by atoms with van der Waals surface area (Å²) in [4.78, 5) is 27.4. The highest BCUT2D eigenvalue weighted by Crippen LogP contribution is 2.55. The lowest BCUT2D eigenvalue weighted by Gasteiger charge is -2.33. The number of nitrogens with zero attached hydrogens (tertiary/aromatic N) is 2. The van der Waals surface area contributed by atoms with E-state index in [1.165, 1.54) is 9.78 Å². The van der Waals surface area contributed by atoms with Gasteiger partial charge >= 0.3 is 18.4 Å². The van der Waals surface area contributed by atoms with Crippen LogP contribution in [0.5, 0.6) is 0 Å². The van der Waals surface area contributed by atoms with Crippen molar-refractivity contribution in [1.29, 1.82) is 0 Å². The maximum atomic E-state index is 13.1. The van der Waals surface area contributed by atoms with Gasteiger partial charge in [0.1, 0.15) is 0 Å². The number of carbonyl (C=O) groups is 2. The second-order valence-corrected chi connectivity index (χ2v) is 7.84. The Morgan fingerprint density at radius 3 is 2.39 bits per heavy atom. The molecule has 12 heteroatoms. The van der Waals surface area contributed by atoms with Gasteiger partial charge in [-0.05, 0) is 29.9 Å². The molecule has 1 aromatic rings. The Morgan fingerprint density at radius 2 is 1.79 bits per heavy atom. The van der Waals surface area contributed by atoms with Crippen LogP contribution >= 0.6 is 11.3 Å². The smallest absolute Gasteiger partial charge is 0.336 e. The lowest BCUT2D eigenvalue weighted by molar-refractivity contribution is -0.334. The normalized spacial score (nSPS) is 19.5. The van der Waals surface area contributed by atoms with Gasteiger partial charge in [-0.1, -0.05) is 0 Å². The van der Waals surface area contributed by atoms with Crippen molar-refractivity contribution in [3.63, 3.8) is 0 Å². The first-order chi connectivity index (χ1) is 12.9. The van der Waals surface area contributed by atoms with Gasteiger partial charge in [-0.3, -0.25) is 4.79 Å². The molecular weight excluding hydrogens is 412 g/mol. The summed E-state index contributed by atoms with van der Waals surface area (Å²) in [5.74, 6) is -0.442. The van der Waals surface area contributed by atoms with Gasteiger partial charge in [-0.15, -0.1) is 11.3 Å². The summed E-state index contributed by atoms with van der Waals surface area (Å²) >= 11 is 1.58. The summed E-state index contributed by atoms with van der Waals surface area (Å²) in [6.45, 7) is -1.89. The summed E-state index contributed by atoms with van der Waals surface area (Å²) in [5, 5.41) is 4.05. The maximum absolute atomic E-state index is 13.1. The Bertz CT molecular complexity index is 746. The number of urea groups is 1. The Labute approximate surface area is 160 Å². The number of alkyl halides is 6. The average molecular weight is 429 g/mol. The van der Waals surface area contributed by atoms with Gasteiger partial charge in [-0.25, -0.2) is 4.79 Å². The third kappa shape index (κ3) is 3.65. The van der Waals surface area contributed by atoms with Gasteiger partial charge in [-0.2, -0.15) is 26.3 Å². The van der Waals surface area contributed by atoms with Crippen LogP contribution in [0.25, 0.3) is 0 Å². The van der Waals surface area contributed by atoms with E-state index in [0.717, 1.165) is 5.56 Å². The predicted octanol–water partition coefficient (Wildman–Crippen LogP) is 3.16. The van der Waals surface area contributed by atoms with E-state index >= 15 is 0 Å². The highest BCUT2D eigenvalue weighted by molar-refractivity contribution is 7.10. The molecule has 156 valence electrons. The van der Waals surface area contributed by atoms with Gasteiger partial charge in [0.15, 0.2) is 5.41 Å². The highest BCUT2D eigenvalue weighted by atomic mass is 32.1. The van der Waals surface area contributed by atoms with Crippen molar-refractivity contribution in [1.82, 2.24) is 15.1 Å². The number of nitrogens with one attached hydrogen (secondary N) is 1. The van der Waals surface area contributed by atoms with Crippen molar-refractivity contribution in [2.75, 3.05) is 26.2 Å². The summed E-state index contributed by atoms with van der Waals surface area (Å²) in [7, 11) is 0. The molecule has 0 atom stereocenters. The maximum Gasteiger partial charge on any atom is 0.404 e. The van der Waals surface area contributed by atoms with Crippen LogP contribution < -0.4 is 5.32 Å². The van der Waals surface area contributed by atoms with Gasteiger partial charge < -0.3 is 15.1 Å². The number of thiophene rings is 1. The van der Waals surface area contributed by atoms with E-state index in [-0.39, 0.29) is 0 Å². The van der Waals surface area contributed by atoms with E-state index in [2.05, 4.69) is 5.32 Å². The van der Waals surface area contributed by atoms with E-state index in [4.69, 9.17) is 0 Å². The molecular formula is C16H17F6N3O2S. The van der Waals surface area contributed by atoms with E-state index in [0.29, 0.717) is 24.4 Å². The molecule has 1 N–H and O–H groups in total. The summed E-state index contributed by atoms with van der Waals surface area (Å²) in [6.07, 6.45) is -11.6. The van der Waals surface area contributed by atoms with Gasteiger partial charge in [0.2, 0.25) is 5.91 Å². The number of fused-ring (bicyclic) bond motifs is 1. The minimum Gasteiger partial charge on any atom is -0.336 e. The van der Waals surface area contributed by atoms with Crippen LogP contribution in [0.4, 0.5) is 31.1 Å². The summed E-state index contributed by atoms with van der Waals surface area (Å²) < 4.78 is 78.4. The van der Waals surface area contributed by atoms with Crippen molar-refractivity contribution in [3.8, 4) is 0 Å². The number of likely N-dealkylation sites (tertiary alicyclic amines) is 1. The van der Waals surface area contributed by atoms with E-state index in [1.807, 2.05) is 11.4 Å². The topological polar surface area (TPSA) is 52.7 Å². The molecule has 0 aromatic carbocycles. The molecule has 2 aliphatic rings. The standard InChI is InChI=1S/C16H17F6N3O2S/c17-15(18,19)14(16(20,21)22)3-5-25(9-14)13(27)23-7-12(26)24-4-1-11-10(8-24)2-6-28-11/h2,6H,1,3-5,7-9H2,(H,23,27). The number of amides is 3. The van der Waals surface area contributed by atoms with Gasteiger partial charge in [0.25, 0.3) is 0 Å². The van der Waals surface area contributed by atoms with E-state index < -0.39 is 55.8 Å². The number of carbonyl (C=O) groups excluding carboxylic acids is 2. The monoisotopic (exact) mass is 429 g/mol. The average Bonchev–Trinajstić information content (AvgIpc) is 3.24. The fourth-order valence-corrected chi connectivity index (χ4v) is 4.33. The van der Waals surface area contributed by atoms with Crippen LogP contribution in [0.15, 0.2) is 11.4 Å². The number of hydrogen-bond acceptors (Lipinski definition) is 3. The van der Waals surface area contributed by atoms with Crippen LogP contribution in [0, 0.1) is 5.41 Å². The Hall–Kier alpha value is -1.98. The molecule has 0 spiro atoms. The molecule has 1 fully saturated rings. The summed E-state index contributed by atoms with van der Waals surface area (Å²) in [6, 6.07) is 0.771. The van der Waals surface area contributed by atoms with E-state index in [9.17, 15) is 35.9 Å². The fourth-order valence-electron chi connectivity index (χ4n) is 3.44. The van der Waals surface area contributed by atoms with Crippen LogP contribution in [0.3, 0.4) is 0 Å². The molecule has 0 unspecified atom stereocenters. The molecule has 3 amide bonds. The van der Waals surface area contributed by atoms with Crippen molar-refractivity contribution < 1.29 is 35.9 Å². The van der Waals surface area contributed by atoms with Crippen molar-refractivity contribution in [3.05, 3.63) is 21.9 Å². The van der Waals surface area contributed by atoms with E-state index in [1.54, 1.807) is 11.3 Å². The Kier molecular flexibility index (Phi) is 5.28. The zero-order valence-corrected chi connectivity index (χ0v) is 15.3. The fraction of sp³-hybridized carbons (Fsp3) is 0.625. The molecule has 1 aromatic heterocycles. The number of hydrogen-bond donors (Lipinski definition) is 1. The lowest BCUT2D eigenvalue weighted by Crippen LogP contribution is -2.53. The largest absolute Gasteiger partial charge is 0.404 e. The van der Waals surface area contributed by atoms with Crippen LogP contribution in [-0.2, 0) is 17.8 Å². The van der Waals surface area contributed by atoms with Crippen LogP contribution in [0.1, 0.15) is 16.9 Å². The summed E-state index contributed by atoms with van der Waals surface area (Å²) in [5.41, 5.74) is -2.94. The molecule has 5 nitrogen and oxygen atoms in total. The molecule has 3 heterocycles. The van der Waals surface area contributed by atoms with Crippen molar-refractivity contribution >= 4 is 23.3 Å². The van der Waals surface area contributed by atoms with Crippen molar-refractivity contribution in [2.45, 2.75) is 31.7 Å². The highest BCUT2D eigenvalue weighted by Gasteiger charge is 2.72. The molecule has 0 bridgehead atoms. The minimum absolute atomic E-state index is 0.364. The lowest BCUT2D eigenvalue weighted by atomic mass is 9.85. The predicted molar refractivity (Wildman–Crippen MR) is 87.6 cm³/mol. The second kappa shape index (κ2) is 7.12. The SMILES string of the molecule is O=C(CNC(=O)N1CCC(C(F)(F)F)(C(F)(F)F)C1)N1CCc2sccc2C1. The first-order valence-corrected chi connectivity index (χ1v) is 9.32. The molecule has 0 aliphatic carbocycles. The molecule has 1 saturated heterocycles. The van der Waals surface area contributed by atoms with Crippen LogP contribution in [0.2, 0.25) is 0 Å². The Balaban J connectivity index is 1.57. The van der Waals surface area contributed by atoms with Crippen LogP contribution in [-0.4, -0.2) is 60.3 Å². The van der Waals surface area contributed by atoms with Gasteiger partial charge in [0, 0.05) is 31.1 Å². The number of rotatable bonds is 2. The third-order valence-electron chi connectivity index (χ3n) is 5.19. The Morgan fingerprint density at radius 1 is 1.11 bits per heavy atom. The van der Waals surface area contributed by atoms with Gasteiger partial charge in [0.05, 0.1) is 6.54 Å². The molecule has 2 aliphatic heterocycles. The number of halogens is 6. The molecule has 0 radical (unpaired) electrons. The minimum atomic E-state index is -5.53. The third-order valence-corrected chi connectivity index (χ3v) is 6.22. The van der Waals surface area contributed by atoms with Crippen molar-refractivity contribution in [2.24, 2.45) is 5.41 Å². The molecule has 3 rings (SSSR count). The second-order valence-electron chi connectivity index (χ2n) is 6.84. The quantitative estimate of drug-likeness (QED) is 0.735. The molecule has 28 heavy (non-hydrogen) atoms. The zero-order valence-electron chi connectivity index (χ0n) is 14.5. The molecule has 0 saturated carbocycles. The zero-order chi connectivity index (χ0) is 20.7. The first-order valence-electron chi connectivity index (χ1n) is 8.44. The first kappa shape index (κ1) is 20.7.